The van der Waals surface area contributed by atoms with Crippen LogP contribution in [0.4, 0.5) is 5.69 Å². The molecule has 1 unspecified atom stereocenters. The summed E-state index contributed by atoms with van der Waals surface area (Å²) in [5.74, 6) is -1.39. The topological polar surface area (TPSA) is 113 Å². The van der Waals surface area contributed by atoms with Crippen LogP contribution in [0, 0.1) is 0 Å². The van der Waals surface area contributed by atoms with Gasteiger partial charge in [-0.2, -0.15) is 0 Å². The smallest absolute Gasteiger partial charge is 0.252 e. The SMILES string of the molecule is CN1C(=O)CCC(NC(=O)c2ccc(N)c(O)c2)C1=O. The molecule has 7 nitrogen and oxygen atoms in total. The molecule has 1 aromatic rings. The first-order valence-electron chi connectivity index (χ1n) is 6.10. The van der Waals surface area contributed by atoms with Crippen LogP contribution >= 0.6 is 0 Å². The zero-order valence-electron chi connectivity index (χ0n) is 10.9. The number of carbonyl (C=O) groups is 3. The maximum atomic E-state index is 12.0. The molecule has 3 amide bonds. The van der Waals surface area contributed by atoms with Crippen LogP contribution < -0.4 is 11.1 Å². The number of carbonyl (C=O) groups excluding carboxylic acids is 3. The molecule has 0 radical (unpaired) electrons. The number of rotatable bonds is 2. The van der Waals surface area contributed by atoms with Gasteiger partial charge in [0.25, 0.3) is 11.8 Å². The van der Waals surface area contributed by atoms with Gasteiger partial charge in [-0.05, 0) is 24.6 Å². The predicted molar refractivity (Wildman–Crippen MR) is 70.8 cm³/mol. The predicted octanol–water partition coefficient (Wildman–Crippen LogP) is -0.148. The number of imide groups is 1. The van der Waals surface area contributed by atoms with Gasteiger partial charge in [-0.25, -0.2) is 0 Å². The Morgan fingerprint density at radius 2 is 2.15 bits per heavy atom. The van der Waals surface area contributed by atoms with E-state index >= 15 is 0 Å². The average Bonchev–Trinajstić information content (AvgIpc) is 2.42. The van der Waals surface area contributed by atoms with Gasteiger partial charge in [-0.1, -0.05) is 0 Å². The zero-order valence-corrected chi connectivity index (χ0v) is 10.9. The number of nitrogens with two attached hydrogens (primary N) is 1. The van der Waals surface area contributed by atoms with Crippen LogP contribution in [0.5, 0.6) is 5.75 Å². The Labute approximate surface area is 115 Å². The highest BCUT2D eigenvalue weighted by Gasteiger charge is 2.32. The Morgan fingerprint density at radius 1 is 1.45 bits per heavy atom. The molecule has 1 aromatic carbocycles. The Kier molecular flexibility index (Phi) is 3.60. The number of likely N-dealkylation sites (N-methyl/N-ethyl adjacent to an activating group) is 1. The fourth-order valence-corrected chi connectivity index (χ4v) is 1.98. The van der Waals surface area contributed by atoms with Gasteiger partial charge in [0.1, 0.15) is 11.8 Å². The molecule has 1 aliphatic heterocycles. The Hall–Kier alpha value is -2.57. The van der Waals surface area contributed by atoms with E-state index in [1.54, 1.807) is 0 Å². The lowest BCUT2D eigenvalue weighted by Gasteiger charge is -2.28. The molecular weight excluding hydrogens is 262 g/mol. The molecule has 1 aliphatic rings. The Balaban J connectivity index is 2.09. The highest BCUT2D eigenvalue weighted by molar-refractivity contribution is 6.03. The lowest BCUT2D eigenvalue weighted by Crippen LogP contribution is -2.52. The molecule has 4 N–H and O–H groups in total. The molecule has 2 rings (SSSR count). The number of likely N-dealkylation sites (tertiary alicyclic amines) is 1. The van der Waals surface area contributed by atoms with E-state index < -0.39 is 17.9 Å². The molecule has 106 valence electrons. The first-order chi connectivity index (χ1) is 9.40. The molecule has 0 aromatic heterocycles. The number of nitrogen functional groups attached to an aromatic ring is 1. The number of aromatic hydroxyl groups is 1. The molecular formula is C13H15N3O4. The second-order valence-electron chi connectivity index (χ2n) is 4.63. The third-order valence-corrected chi connectivity index (χ3v) is 3.25. The summed E-state index contributed by atoms with van der Waals surface area (Å²) < 4.78 is 0. The van der Waals surface area contributed by atoms with E-state index in [1.807, 2.05) is 0 Å². The quantitative estimate of drug-likeness (QED) is 0.395. The van der Waals surface area contributed by atoms with Crippen molar-refractivity contribution in [2.75, 3.05) is 12.8 Å². The fraction of sp³-hybridized carbons (Fsp3) is 0.308. The second kappa shape index (κ2) is 5.20. The number of nitrogens with one attached hydrogen (secondary N) is 1. The second-order valence-corrected chi connectivity index (χ2v) is 4.63. The summed E-state index contributed by atoms with van der Waals surface area (Å²) >= 11 is 0. The molecule has 1 saturated heterocycles. The third kappa shape index (κ3) is 2.56. The van der Waals surface area contributed by atoms with E-state index in [0.29, 0.717) is 0 Å². The highest BCUT2D eigenvalue weighted by Crippen LogP contribution is 2.21. The maximum Gasteiger partial charge on any atom is 0.252 e. The van der Waals surface area contributed by atoms with Gasteiger partial charge in [-0.3, -0.25) is 19.3 Å². The maximum absolute atomic E-state index is 12.0. The normalized spacial score (nSPS) is 19.1. The van der Waals surface area contributed by atoms with Crippen molar-refractivity contribution in [3.63, 3.8) is 0 Å². The van der Waals surface area contributed by atoms with Crippen molar-refractivity contribution >= 4 is 23.4 Å². The van der Waals surface area contributed by atoms with E-state index in [0.717, 1.165) is 4.90 Å². The summed E-state index contributed by atoms with van der Waals surface area (Å²) in [4.78, 5) is 36.2. The molecule has 0 bridgehead atoms. The standard InChI is InChI=1S/C13H15N3O4/c1-16-11(18)5-4-9(13(16)20)15-12(19)7-2-3-8(14)10(17)6-7/h2-3,6,9,17H,4-5,14H2,1H3,(H,15,19). The summed E-state index contributed by atoms with van der Waals surface area (Å²) in [5.41, 5.74) is 5.81. The van der Waals surface area contributed by atoms with Crippen LogP contribution in [0.1, 0.15) is 23.2 Å². The van der Waals surface area contributed by atoms with Gasteiger partial charge >= 0.3 is 0 Å². The average molecular weight is 277 g/mol. The minimum Gasteiger partial charge on any atom is -0.506 e. The van der Waals surface area contributed by atoms with Crippen LogP contribution in [0.25, 0.3) is 0 Å². The van der Waals surface area contributed by atoms with Crippen molar-refractivity contribution in [3.05, 3.63) is 23.8 Å². The van der Waals surface area contributed by atoms with E-state index in [4.69, 9.17) is 5.73 Å². The summed E-state index contributed by atoms with van der Waals surface area (Å²) in [6.45, 7) is 0. The number of hydrogen-bond acceptors (Lipinski definition) is 5. The van der Waals surface area contributed by atoms with E-state index in [1.165, 1.54) is 25.2 Å². The van der Waals surface area contributed by atoms with E-state index in [9.17, 15) is 19.5 Å². The van der Waals surface area contributed by atoms with Gasteiger partial charge in [-0.15, -0.1) is 0 Å². The van der Waals surface area contributed by atoms with E-state index in [-0.39, 0.29) is 35.7 Å². The van der Waals surface area contributed by atoms with Crippen molar-refractivity contribution < 1.29 is 19.5 Å². The Bertz CT molecular complexity index is 585. The van der Waals surface area contributed by atoms with E-state index in [2.05, 4.69) is 5.32 Å². The van der Waals surface area contributed by atoms with Gasteiger partial charge in [0.05, 0.1) is 5.69 Å². The number of piperidine rings is 1. The molecule has 7 heteroatoms. The first kappa shape index (κ1) is 13.9. The number of phenolic OH excluding ortho intramolecular Hbond substituents is 1. The third-order valence-electron chi connectivity index (χ3n) is 3.25. The van der Waals surface area contributed by atoms with Crippen LogP contribution in [0.2, 0.25) is 0 Å². The fourth-order valence-electron chi connectivity index (χ4n) is 1.98. The Morgan fingerprint density at radius 3 is 2.80 bits per heavy atom. The minimum absolute atomic E-state index is 0.167. The monoisotopic (exact) mass is 277 g/mol. The van der Waals surface area contributed by atoms with Gasteiger partial charge in [0.15, 0.2) is 0 Å². The molecule has 1 atom stereocenters. The van der Waals surface area contributed by atoms with Crippen LogP contribution in [0.15, 0.2) is 18.2 Å². The number of nitrogens with zero attached hydrogens (tertiary/aromatic N) is 1. The van der Waals surface area contributed by atoms with Crippen molar-refractivity contribution in [1.29, 1.82) is 0 Å². The van der Waals surface area contributed by atoms with Crippen LogP contribution in [0.3, 0.4) is 0 Å². The van der Waals surface area contributed by atoms with Crippen molar-refractivity contribution in [2.45, 2.75) is 18.9 Å². The molecule has 1 heterocycles. The minimum atomic E-state index is -0.732. The summed E-state index contributed by atoms with van der Waals surface area (Å²) in [6, 6.07) is 3.35. The van der Waals surface area contributed by atoms with Crippen molar-refractivity contribution in [1.82, 2.24) is 10.2 Å². The largest absolute Gasteiger partial charge is 0.506 e. The van der Waals surface area contributed by atoms with Crippen molar-refractivity contribution in [3.8, 4) is 5.75 Å². The number of anilines is 1. The lowest BCUT2D eigenvalue weighted by atomic mass is 10.0. The first-order valence-corrected chi connectivity index (χ1v) is 6.10. The molecule has 20 heavy (non-hydrogen) atoms. The molecule has 1 fully saturated rings. The lowest BCUT2D eigenvalue weighted by molar-refractivity contribution is -0.147. The highest BCUT2D eigenvalue weighted by atomic mass is 16.3. The number of hydrogen-bond donors (Lipinski definition) is 3. The van der Waals surface area contributed by atoms with Crippen LogP contribution in [-0.2, 0) is 9.59 Å². The number of benzene rings is 1. The van der Waals surface area contributed by atoms with Crippen molar-refractivity contribution in [2.24, 2.45) is 0 Å². The number of amides is 3. The van der Waals surface area contributed by atoms with Gasteiger partial charge in [0, 0.05) is 19.0 Å². The van der Waals surface area contributed by atoms with Gasteiger partial charge < -0.3 is 16.2 Å². The molecule has 0 aliphatic carbocycles. The molecule has 0 saturated carbocycles. The van der Waals surface area contributed by atoms with Crippen LogP contribution in [-0.4, -0.2) is 40.8 Å². The zero-order chi connectivity index (χ0) is 14.9. The summed E-state index contributed by atoms with van der Waals surface area (Å²) in [5, 5.41) is 12.0. The summed E-state index contributed by atoms with van der Waals surface area (Å²) in [7, 11) is 1.39. The number of phenols is 1. The summed E-state index contributed by atoms with van der Waals surface area (Å²) in [6.07, 6.45) is 0.481. The molecule has 0 spiro atoms. The van der Waals surface area contributed by atoms with Gasteiger partial charge in [0.2, 0.25) is 5.91 Å².